The number of methoxy groups -OCH3 is 1. The van der Waals surface area contributed by atoms with Gasteiger partial charge in [-0.15, -0.1) is 0 Å². The van der Waals surface area contributed by atoms with Crippen molar-refractivity contribution in [2.24, 2.45) is 35.5 Å². The van der Waals surface area contributed by atoms with Crippen LogP contribution in [0.4, 0.5) is 4.79 Å². The van der Waals surface area contributed by atoms with Gasteiger partial charge < -0.3 is 33.9 Å². The molecule has 0 spiro atoms. The van der Waals surface area contributed by atoms with Crippen molar-refractivity contribution in [1.82, 2.24) is 10.2 Å². The zero-order valence-electron chi connectivity index (χ0n) is 30.6. The summed E-state index contributed by atoms with van der Waals surface area (Å²) in [6.45, 7) is 19.8. The molecule has 0 bridgehead atoms. The fourth-order valence-electron chi connectivity index (χ4n) is 7.54. The molecule has 0 aromatic heterocycles. The molecule has 3 heterocycles. The van der Waals surface area contributed by atoms with Gasteiger partial charge in [-0.25, -0.2) is 4.79 Å². The van der Waals surface area contributed by atoms with Crippen LogP contribution < -0.4 is 5.32 Å². The molecule has 0 radical (unpaired) electrons. The van der Waals surface area contributed by atoms with Crippen molar-refractivity contribution in [1.29, 1.82) is 0 Å². The van der Waals surface area contributed by atoms with E-state index >= 15 is 0 Å². The van der Waals surface area contributed by atoms with Gasteiger partial charge in [0, 0.05) is 44.5 Å². The number of carbonyl (C=O) groups is 3. The SMILES string of the molecule is CCCCC1[C@@H](C)CN[C@H](C2CCN(C(=O)OC(C)(C)C)CC2)COC(=O)[C@H](C)C(=O)[C@H](C)C(O[C@H]2C[C@@H](C)C[C@@H](C)O2)[C@]1(I)OC. The Hall–Kier alpha value is -1.02. The number of hydrogen-bond acceptors (Lipinski definition) is 9. The number of likely N-dealkylation sites (tertiary alicyclic amines) is 1. The minimum absolute atomic E-state index is 0.0431. The van der Waals surface area contributed by atoms with Crippen LogP contribution >= 0.6 is 22.6 Å². The molecule has 0 aliphatic carbocycles. The number of rotatable bonds is 7. The molecule has 3 rings (SSSR count). The largest absolute Gasteiger partial charge is 0.463 e. The Labute approximate surface area is 297 Å². The third-order valence-corrected chi connectivity index (χ3v) is 12.2. The first kappa shape index (κ1) is 40.4. The van der Waals surface area contributed by atoms with Crippen molar-refractivity contribution in [2.75, 3.05) is 33.4 Å². The number of halogens is 1. The summed E-state index contributed by atoms with van der Waals surface area (Å²) >= 11 is 2.40. The maximum atomic E-state index is 14.1. The van der Waals surface area contributed by atoms with Gasteiger partial charge >= 0.3 is 12.1 Å². The van der Waals surface area contributed by atoms with Crippen molar-refractivity contribution in [3.8, 4) is 0 Å². The number of hydrogen-bond donors (Lipinski definition) is 1. The number of amides is 1. The van der Waals surface area contributed by atoms with E-state index in [0.29, 0.717) is 25.6 Å². The maximum absolute atomic E-state index is 14.1. The molecule has 0 saturated carbocycles. The maximum Gasteiger partial charge on any atom is 0.410 e. The second-order valence-electron chi connectivity index (χ2n) is 15.5. The number of unbranched alkanes of at least 4 members (excludes halogenated alkanes) is 1. The quantitative estimate of drug-likeness (QED) is 0.130. The Kier molecular flexibility index (Phi) is 15.3. The average molecular weight is 779 g/mol. The number of esters is 1. The van der Waals surface area contributed by atoms with Gasteiger partial charge in [-0.1, -0.05) is 40.5 Å². The van der Waals surface area contributed by atoms with Gasteiger partial charge in [-0.05, 0) is 107 Å². The Morgan fingerprint density at radius 3 is 2.32 bits per heavy atom. The summed E-state index contributed by atoms with van der Waals surface area (Å²) < 4.78 is 30.2. The van der Waals surface area contributed by atoms with E-state index in [-0.39, 0.29) is 48.4 Å². The van der Waals surface area contributed by atoms with Crippen molar-refractivity contribution in [3.05, 3.63) is 0 Å². The van der Waals surface area contributed by atoms with Crippen LogP contribution in [0.2, 0.25) is 0 Å². The van der Waals surface area contributed by atoms with E-state index in [1.807, 2.05) is 27.7 Å². The summed E-state index contributed by atoms with van der Waals surface area (Å²) in [6.07, 6.45) is 4.82. The molecule has 272 valence electrons. The number of nitrogens with zero attached hydrogens (tertiary/aromatic N) is 1. The second-order valence-corrected chi connectivity index (χ2v) is 17.2. The highest BCUT2D eigenvalue weighted by atomic mass is 127. The number of alkyl halides is 1. The van der Waals surface area contributed by atoms with Gasteiger partial charge in [-0.2, -0.15) is 0 Å². The molecule has 0 aromatic rings. The van der Waals surface area contributed by atoms with Gasteiger partial charge in [0.1, 0.15) is 27.8 Å². The number of carbonyl (C=O) groups excluding carboxylic acids is 3. The third-order valence-electron chi connectivity index (χ3n) is 10.3. The first-order valence-corrected chi connectivity index (χ1v) is 19.0. The van der Waals surface area contributed by atoms with Gasteiger partial charge in [-0.3, -0.25) is 9.59 Å². The fourth-order valence-corrected chi connectivity index (χ4v) is 9.16. The summed E-state index contributed by atoms with van der Waals surface area (Å²) in [5, 5.41) is 3.77. The summed E-state index contributed by atoms with van der Waals surface area (Å²) in [6, 6.07) is -0.119. The highest BCUT2D eigenvalue weighted by Crippen LogP contribution is 2.46. The average Bonchev–Trinajstić information content (AvgIpc) is 3.01. The highest BCUT2D eigenvalue weighted by Gasteiger charge is 2.52. The van der Waals surface area contributed by atoms with Crippen molar-refractivity contribution in [3.63, 3.8) is 0 Å². The Bertz CT molecular complexity index is 1020. The number of ketones is 1. The van der Waals surface area contributed by atoms with E-state index in [1.54, 1.807) is 18.9 Å². The van der Waals surface area contributed by atoms with E-state index in [2.05, 4.69) is 55.6 Å². The van der Waals surface area contributed by atoms with Gasteiger partial charge in [0.15, 0.2) is 12.1 Å². The highest BCUT2D eigenvalue weighted by molar-refractivity contribution is 14.1. The number of Topliss-reactive ketones (excluding diaryl/α,β-unsaturated/α-hetero) is 1. The standard InChI is InChI=1S/C36H63IN2O8/c1-11-12-13-28-23(3)20-38-29(27-14-16-39(17-15-27)34(42)47-35(7,8)9)21-44-33(41)26(6)31(40)25(5)32(36(28,37)43-10)46-30-19-22(2)18-24(4)45-30/h22-30,32,38H,11-21H2,1-10H3/t22-,23-,24+,25-,26+,28?,29-,30-,32?,36+/m0/s1. The lowest BCUT2D eigenvalue weighted by Crippen LogP contribution is -2.56. The number of nitrogens with one attached hydrogen (secondary N) is 1. The zero-order chi connectivity index (χ0) is 35.1. The summed E-state index contributed by atoms with van der Waals surface area (Å²) in [7, 11) is 1.71. The van der Waals surface area contributed by atoms with Crippen LogP contribution in [0.1, 0.15) is 107 Å². The van der Waals surface area contributed by atoms with Crippen LogP contribution in [-0.2, 0) is 33.3 Å². The summed E-state index contributed by atoms with van der Waals surface area (Å²) in [5.41, 5.74) is -0.549. The molecule has 1 N–H and O–H groups in total. The number of piperidine rings is 1. The van der Waals surface area contributed by atoms with Crippen LogP contribution in [0, 0.1) is 35.5 Å². The van der Waals surface area contributed by atoms with Gasteiger partial charge in [0.25, 0.3) is 0 Å². The van der Waals surface area contributed by atoms with Crippen LogP contribution in [0.25, 0.3) is 0 Å². The molecule has 47 heavy (non-hydrogen) atoms. The molecule has 3 aliphatic rings. The lowest BCUT2D eigenvalue weighted by Gasteiger charge is -2.47. The molecule has 10 atom stereocenters. The van der Waals surface area contributed by atoms with Crippen LogP contribution in [0.15, 0.2) is 0 Å². The molecule has 3 fully saturated rings. The Morgan fingerprint density at radius 2 is 1.74 bits per heavy atom. The lowest BCUT2D eigenvalue weighted by atomic mass is 9.77. The second kappa shape index (κ2) is 17.8. The predicted octanol–water partition coefficient (Wildman–Crippen LogP) is 6.76. The number of cyclic esters (lactones) is 1. The monoisotopic (exact) mass is 778 g/mol. The molecular formula is C36H63IN2O8. The van der Waals surface area contributed by atoms with Crippen molar-refractivity contribution >= 4 is 40.4 Å². The van der Waals surface area contributed by atoms with Crippen LogP contribution in [0.5, 0.6) is 0 Å². The third kappa shape index (κ3) is 11.0. The van der Waals surface area contributed by atoms with Crippen molar-refractivity contribution in [2.45, 2.75) is 141 Å². The van der Waals surface area contributed by atoms with E-state index in [9.17, 15) is 14.4 Å². The van der Waals surface area contributed by atoms with Crippen LogP contribution in [0.3, 0.4) is 0 Å². The summed E-state index contributed by atoms with van der Waals surface area (Å²) in [5.74, 6) is -1.53. The van der Waals surface area contributed by atoms with Gasteiger partial charge in [0.05, 0.1) is 6.10 Å². The smallest absolute Gasteiger partial charge is 0.410 e. The predicted molar refractivity (Wildman–Crippen MR) is 190 cm³/mol. The van der Waals surface area contributed by atoms with E-state index in [0.717, 1.165) is 44.9 Å². The minimum atomic E-state index is -0.958. The molecule has 0 aromatic carbocycles. The Morgan fingerprint density at radius 1 is 1.09 bits per heavy atom. The number of ether oxygens (including phenoxy) is 5. The molecule has 1 amide bonds. The summed E-state index contributed by atoms with van der Waals surface area (Å²) in [4.78, 5) is 42.0. The van der Waals surface area contributed by atoms with E-state index < -0.39 is 39.4 Å². The topological polar surface area (TPSA) is 113 Å². The molecule has 3 saturated heterocycles. The van der Waals surface area contributed by atoms with E-state index in [1.165, 1.54) is 0 Å². The minimum Gasteiger partial charge on any atom is -0.463 e. The molecule has 3 aliphatic heterocycles. The molecule has 11 heteroatoms. The van der Waals surface area contributed by atoms with E-state index in [4.69, 9.17) is 23.7 Å². The zero-order valence-corrected chi connectivity index (χ0v) is 32.8. The molecular weight excluding hydrogens is 715 g/mol. The Balaban J connectivity index is 1.91. The lowest BCUT2D eigenvalue weighted by molar-refractivity contribution is -0.253. The first-order chi connectivity index (χ1) is 22.0. The fraction of sp³-hybridized carbons (Fsp3) is 0.917. The van der Waals surface area contributed by atoms with Crippen LogP contribution in [-0.4, -0.2) is 89.8 Å². The first-order valence-electron chi connectivity index (χ1n) is 18.0. The van der Waals surface area contributed by atoms with Gasteiger partial charge in [0.2, 0.25) is 0 Å². The molecule has 10 nitrogen and oxygen atoms in total. The van der Waals surface area contributed by atoms with Crippen molar-refractivity contribution < 1.29 is 38.1 Å². The molecule has 2 unspecified atom stereocenters. The normalized spacial score (nSPS) is 37.3.